The Hall–Kier alpha value is 1.40. The van der Waals surface area contributed by atoms with Gasteiger partial charge in [-0.3, -0.25) is 4.21 Å². The van der Waals surface area contributed by atoms with Crippen molar-refractivity contribution < 1.29 is 39.7 Å². The molecule has 0 aromatic rings. The fourth-order valence-corrected chi connectivity index (χ4v) is 0. The number of rotatable bonds is 0. The van der Waals surface area contributed by atoms with Crippen molar-refractivity contribution in [3.8, 4) is 0 Å². The molecule has 0 bridgehead atoms. The molecule has 0 aromatic carbocycles. The van der Waals surface area contributed by atoms with Crippen molar-refractivity contribution in [2.45, 2.75) is 0 Å². The van der Waals surface area contributed by atoms with Crippen LogP contribution in [0, 0.1) is 0 Å². The van der Waals surface area contributed by atoms with Crippen molar-refractivity contribution in [1.29, 1.82) is 0 Å². The minimum Gasteiger partial charge on any atom is -1.00 e. The van der Waals surface area contributed by atoms with Gasteiger partial charge in [-0.1, -0.05) is 0 Å². The minimum absolute atomic E-state index is 0. The van der Waals surface area contributed by atoms with Gasteiger partial charge < -0.3 is 5.98 Å². The average molecular weight is 124 g/mol. The maximum Gasteiger partial charge on any atom is 1.00 e. The van der Waals surface area contributed by atoms with Crippen LogP contribution in [-0.2, 0) is 10.3 Å². The third-order valence-electron chi connectivity index (χ3n) is 0. The largest absolute Gasteiger partial charge is 1.00 e. The third kappa shape index (κ3) is 31.8. The van der Waals surface area contributed by atoms with Crippen LogP contribution in [0.25, 0.3) is 0 Å². The molecule has 5 heavy (non-hydrogen) atoms. The Morgan fingerprint density at radius 3 is 2.00 bits per heavy atom. The zero-order valence-electron chi connectivity index (χ0n) is 3.60. The first kappa shape index (κ1) is 9.64. The Bertz CT molecular complexity index is 36.5. The summed E-state index contributed by atoms with van der Waals surface area (Å²) in [7, 11) is 1.80. The summed E-state index contributed by atoms with van der Waals surface area (Å²) in [6, 6.07) is 0. The second-order valence-electron chi connectivity index (χ2n) is 0.194. The number of hydrogen-bond donors (Lipinski definition) is 0. The molecule has 2 nitrogen and oxygen atoms in total. The first-order chi connectivity index (χ1) is 1.73. The van der Waals surface area contributed by atoms with Crippen LogP contribution in [0.15, 0.2) is 0 Å². The molecule has 5 heteroatoms. The Labute approximate surface area is 60.5 Å². The van der Waals surface area contributed by atoms with Crippen molar-refractivity contribution in [2.24, 2.45) is 0 Å². The minimum atomic E-state index is -2.39. The topological polar surface area (TPSA) is 40.1 Å². The molecular weight excluding hydrogens is 123 g/mol. The maximum absolute atomic E-state index is 8.77. The quantitative estimate of drug-likeness (QED) is 0.198. The van der Waals surface area contributed by atoms with Crippen LogP contribution in [0.1, 0.15) is 1.43 Å². The van der Waals surface area contributed by atoms with Crippen LogP contribution < -0.4 is 29.6 Å². The summed E-state index contributed by atoms with van der Waals surface area (Å²) in [5.74, 6) is 0. The van der Waals surface area contributed by atoms with E-state index in [9.17, 15) is 0 Å². The summed E-state index contributed by atoms with van der Waals surface area (Å²) in [6.45, 7) is 0. The van der Waals surface area contributed by atoms with Crippen LogP contribution in [0.2, 0.25) is 0 Å². The normalized spacial score (nSPS) is 12.4. The van der Waals surface area contributed by atoms with E-state index in [2.05, 4.69) is 10.7 Å². The van der Waals surface area contributed by atoms with Gasteiger partial charge in [0, 0.05) is 10.3 Å². The van der Waals surface area contributed by atoms with E-state index in [-0.39, 0.29) is 31.0 Å². The van der Waals surface area contributed by atoms with Gasteiger partial charge in [0.05, 0.1) is 0 Å². The van der Waals surface area contributed by atoms with Crippen LogP contribution >= 0.6 is 10.7 Å². The van der Waals surface area contributed by atoms with Crippen LogP contribution in [0.5, 0.6) is 0 Å². The molecule has 0 rings (SSSR count). The second-order valence-corrected chi connectivity index (χ2v) is 1.34. The van der Waals surface area contributed by atoms with Crippen LogP contribution in [0.4, 0.5) is 0 Å². The molecule has 28 valence electrons. The second kappa shape index (κ2) is 5.40. The Balaban J connectivity index is -0.0000000450. The van der Waals surface area contributed by atoms with Crippen molar-refractivity contribution in [3.05, 3.63) is 0 Å². The van der Waals surface area contributed by atoms with E-state index in [0.717, 1.165) is 0 Å². The zero-order valence-corrected chi connectivity index (χ0v) is 6.18. The van der Waals surface area contributed by atoms with Gasteiger partial charge in [-0.15, -0.1) is 0 Å². The fraction of sp³-hybridized carbons (Fsp3) is 0. The monoisotopic (exact) mass is 123 g/mol. The van der Waals surface area contributed by atoms with E-state index >= 15 is 0 Å². The molecule has 0 aliphatic rings. The van der Waals surface area contributed by atoms with Gasteiger partial charge in [0.1, 0.15) is 0 Å². The number of hydrogen-bond acceptors (Lipinski definition) is 2. The van der Waals surface area contributed by atoms with Crippen LogP contribution in [0.3, 0.4) is 0 Å². The van der Waals surface area contributed by atoms with Gasteiger partial charge >= 0.3 is 29.6 Å². The first-order valence-corrected chi connectivity index (χ1v) is 2.39. The molecule has 0 aliphatic heterocycles. The smallest absolute Gasteiger partial charge is 1.00 e. The van der Waals surface area contributed by atoms with E-state index in [0.29, 0.717) is 0 Å². The summed E-state index contributed by atoms with van der Waals surface area (Å²) in [6.07, 6.45) is 0. The molecular formula is HClNaO2S-. The summed E-state index contributed by atoms with van der Waals surface area (Å²) in [5, 5.41) is 0. The molecule has 0 aromatic heterocycles. The molecule has 0 fully saturated rings. The average Bonchev–Trinajstić information content (AvgIpc) is 0.811. The SMILES string of the molecule is O=S([O-])Cl.[H-].[Na+]. The van der Waals surface area contributed by atoms with Crippen molar-refractivity contribution in [2.75, 3.05) is 0 Å². The summed E-state index contributed by atoms with van der Waals surface area (Å²) >= 11 is 0. The molecule has 0 spiro atoms. The number of halogens is 1. The van der Waals surface area contributed by atoms with E-state index in [4.69, 9.17) is 8.76 Å². The van der Waals surface area contributed by atoms with Gasteiger partial charge in [-0.25, -0.2) is 0 Å². The molecule has 0 amide bonds. The first-order valence-electron chi connectivity index (χ1n) is 0.488. The molecule has 0 aliphatic carbocycles. The van der Waals surface area contributed by atoms with E-state index in [1.54, 1.807) is 0 Å². The van der Waals surface area contributed by atoms with E-state index in [1.165, 1.54) is 0 Å². The van der Waals surface area contributed by atoms with Gasteiger partial charge in [-0.2, -0.15) is 0 Å². The van der Waals surface area contributed by atoms with E-state index < -0.39 is 10.3 Å². The fourth-order valence-electron chi connectivity index (χ4n) is 0. The predicted molar refractivity (Wildman–Crippen MR) is 15.9 cm³/mol. The van der Waals surface area contributed by atoms with Gasteiger partial charge in [0.15, 0.2) is 0 Å². The van der Waals surface area contributed by atoms with Gasteiger partial charge in [0.25, 0.3) is 0 Å². The van der Waals surface area contributed by atoms with Gasteiger partial charge in [-0.05, 0) is 10.7 Å². The van der Waals surface area contributed by atoms with Crippen LogP contribution in [-0.4, -0.2) is 8.76 Å². The van der Waals surface area contributed by atoms with E-state index in [1.807, 2.05) is 0 Å². The predicted octanol–water partition coefficient (Wildman–Crippen LogP) is -2.86. The van der Waals surface area contributed by atoms with Crippen molar-refractivity contribution >= 4 is 21.0 Å². The summed E-state index contributed by atoms with van der Waals surface area (Å²) < 4.78 is 17.5. The Morgan fingerprint density at radius 1 is 2.00 bits per heavy atom. The summed E-state index contributed by atoms with van der Waals surface area (Å²) in [5.41, 5.74) is 0. The molecule has 1 unspecified atom stereocenters. The molecule has 0 radical (unpaired) electrons. The third-order valence-corrected chi connectivity index (χ3v) is 0. The maximum atomic E-state index is 8.77. The van der Waals surface area contributed by atoms with Crippen molar-refractivity contribution in [3.63, 3.8) is 0 Å². The molecule has 0 heterocycles. The molecule has 1 atom stereocenters. The standard InChI is InChI=1S/ClHO2S.Na.H/c1-4(2)3;;/h(H,2,3);;/q;+1;-1/p-1. The van der Waals surface area contributed by atoms with Gasteiger partial charge in [0.2, 0.25) is 0 Å². The molecule has 0 N–H and O–H groups in total. The zero-order chi connectivity index (χ0) is 3.58. The Morgan fingerprint density at radius 2 is 2.00 bits per heavy atom. The summed E-state index contributed by atoms with van der Waals surface area (Å²) in [4.78, 5) is 0. The molecule has 0 saturated heterocycles. The van der Waals surface area contributed by atoms with Crippen molar-refractivity contribution in [1.82, 2.24) is 0 Å². The Kier molecular flexibility index (Phi) is 10.4. The molecule has 0 saturated carbocycles.